The van der Waals surface area contributed by atoms with Crippen LogP contribution in [-0.2, 0) is 7.05 Å². The summed E-state index contributed by atoms with van der Waals surface area (Å²) in [7, 11) is 1.83. The minimum Gasteiger partial charge on any atom is -0.453 e. The maximum absolute atomic E-state index is 6.07. The Kier molecular flexibility index (Phi) is 2.86. The summed E-state index contributed by atoms with van der Waals surface area (Å²) < 4.78 is 7.57. The Hall–Kier alpha value is -0.780. The number of aromatic nitrogens is 2. The van der Waals surface area contributed by atoms with Crippen molar-refractivity contribution in [3.63, 3.8) is 0 Å². The second-order valence-corrected chi connectivity index (χ2v) is 4.33. The van der Waals surface area contributed by atoms with Crippen LogP contribution in [0.15, 0.2) is 27.4 Å². The van der Waals surface area contributed by atoms with Gasteiger partial charge < -0.3 is 10.2 Å². The number of hydrogen-bond acceptors (Lipinski definition) is 3. The molecule has 0 spiro atoms. The van der Waals surface area contributed by atoms with Gasteiger partial charge in [-0.3, -0.25) is 4.68 Å². The molecule has 1 unspecified atom stereocenters. The molecule has 2 heterocycles. The molecular formula is C9H9BrClN3O. The molecule has 2 aromatic rings. The van der Waals surface area contributed by atoms with Gasteiger partial charge >= 0.3 is 0 Å². The maximum atomic E-state index is 6.07. The van der Waals surface area contributed by atoms with Crippen LogP contribution in [0.5, 0.6) is 0 Å². The number of nitrogens with two attached hydrogens (primary N) is 1. The molecule has 0 bridgehead atoms. The lowest BCUT2D eigenvalue weighted by atomic mass is 10.1. The molecule has 0 aliphatic heterocycles. The molecule has 0 aromatic carbocycles. The Morgan fingerprint density at radius 2 is 2.40 bits per heavy atom. The van der Waals surface area contributed by atoms with E-state index in [0.717, 1.165) is 15.7 Å². The monoisotopic (exact) mass is 289 g/mol. The summed E-state index contributed by atoms with van der Waals surface area (Å²) in [6, 6.07) is 1.41. The van der Waals surface area contributed by atoms with Gasteiger partial charge in [0.1, 0.15) is 0 Å². The third-order valence-corrected chi connectivity index (χ3v) is 3.13. The molecule has 0 saturated heterocycles. The predicted octanol–water partition coefficient (Wildman–Crippen LogP) is 2.48. The fourth-order valence-electron chi connectivity index (χ4n) is 1.44. The Morgan fingerprint density at radius 1 is 1.67 bits per heavy atom. The summed E-state index contributed by atoms with van der Waals surface area (Å²) in [5, 5.41) is 4.41. The highest BCUT2D eigenvalue weighted by molar-refractivity contribution is 9.10. The Bertz CT molecular complexity index is 460. The topological polar surface area (TPSA) is 57.0 Å². The van der Waals surface area contributed by atoms with Crippen molar-refractivity contribution in [2.75, 3.05) is 0 Å². The van der Waals surface area contributed by atoms with E-state index in [4.69, 9.17) is 21.8 Å². The van der Waals surface area contributed by atoms with Crippen LogP contribution in [0.3, 0.4) is 0 Å². The summed E-state index contributed by atoms with van der Waals surface area (Å²) in [4.78, 5) is 0. The van der Waals surface area contributed by atoms with Gasteiger partial charge in [0.25, 0.3) is 0 Å². The highest BCUT2D eigenvalue weighted by Gasteiger charge is 2.20. The molecule has 2 N–H and O–H groups in total. The zero-order valence-corrected chi connectivity index (χ0v) is 10.3. The van der Waals surface area contributed by atoms with Gasteiger partial charge in [0, 0.05) is 12.6 Å². The normalized spacial score (nSPS) is 13.1. The van der Waals surface area contributed by atoms with E-state index in [9.17, 15) is 0 Å². The molecule has 0 aliphatic carbocycles. The summed E-state index contributed by atoms with van der Waals surface area (Å²) >= 11 is 9.26. The minimum atomic E-state index is -0.349. The summed E-state index contributed by atoms with van der Waals surface area (Å²) in [5.41, 5.74) is 7.68. The molecule has 0 radical (unpaired) electrons. The molecule has 2 rings (SSSR count). The second-order valence-electron chi connectivity index (χ2n) is 3.13. The van der Waals surface area contributed by atoms with Crippen molar-refractivity contribution in [3.8, 4) is 0 Å². The first-order valence-corrected chi connectivity index (χ1v) is 5.44. The van der Waals surface area contributed by atoms with E-state index >= 15 is 0 Å². The summed E-state index contributed by atoms with van der Waals surface area (Å²) in [6.07, 6.45) is 3.21. The molecule has 0 saturated carbocycles. The van der Waals surface area contributed by atoms with Crippen LogP contribution < -0.4 is 5.73 Å². The number of rotatable bonds is 2. The Labute approximate surface area is 100 Å². The first kappa shape index (κ1) is 10.7. The highest BCUT2D eigenvalue weighted by Crippen LogP contribution is 2.30. The molecule has 4 nitrogen and oxygen atoms in total. The van der Waals surface area contributed by atoms with Crippen molar-refractivity contribution in [2.45, 2.75) is 6.04 Å². The lowest BCUT2D eigenvalue weighted by Crippen LogP contribution is -2.16. The number of halogens is 2. The zero-order valence-electron chi connectivity index (χ0n) is 7.95. The quantitative estimate of drug-likeness (QED) is 0.924. The largest absolute Gasteiger partial charge is 0.453 e. The van der Waals surface area contributed by atoms with E-state index in [0.29, 0.717) is 5.22 Å². The van der Waals surface area contributed by atoms with Crippen LogP contribution in [0.25, 0.3) is 0 Å². The van der Waals surface area contributed by atoms with Gasteiger partial charge in [0.2, 0.25) is 0 Å². The fourth-order valence-corrected chi connectivity index (χ4v) is 2.27. The van der Waals surface area contributed by atoms with E-state index in [-0.39, 0.29) is 6.04 Å². The summed E-state index contributed by atoms with van der Waals surface area (Å²) in [6.45, 7) is 0. The first-order valence-electron chi connectivity index (χ1n) is 4.27. The average Bonchev–Trinajstić information content (AvgIpc) is 2.73. The van der Waals surface area contributed by atoms with Crippen LogP contribution in [0.1, 0.15) is 17.3 Å². The Morgan fingerprint density at radius 3 is 2.87 bits per heavy atom. The third-order valence-electron chi connectivity index (χ3n) is 2.21. The van der Waals surface area contributed by atoms with Crippen LogP contribution in [0.2, 0.25) is 5.22 Å². The molecular weight excluding hydrogens is 281 g/mol. The van der Waals surface area contributed by atoms with E-state index in [1.807, 2.05) is 7.05 Å². The summed E-state index contributed by atoms with van der Waals surface area (Å²) in [5.74, 6) is 0. The van der Waals surface area contributed by atoms with E-state index < -0.39 is 0 Å². The lowest BCUT2D eigenvalue weighted by Gasteiger charge is -2.11. The van der Waals surface area contributed by atoms with Crippen molar-refractivity contribution in [1.29, 1.82) is 0 Å². The van der Waals surface area contributed by atoms with Gasteiger partial charge in [0.15, 0.2) is 5.22 Å². The molecule has 0 aliphatic rings. The van der Waals surface area contributed by atoms with Gasteiger partial charge in [-0.15, -0.1) is 0 Å². The number of hydrogen-bond donors (Lipinski definition) is 1. The van der Waals surface area contributed by atoms with Crippen molar-refractivity contribution in [2.24, 2.45) is 12.8 Å². The molecule has 0 fully saturated rings. The van der Waals surface area contributed by atoms with Gasteiger partial charge in [-0.25, -0.2) is 0 Å². The van der Waals surface area contributed by atoms with E-state index in [2.05, 4.69) is 21.0 Å². The van der Waals surface area contributed by atoms with Gasteiger partial charge in [-0.05, 0) is 33.6 Å². The molecule has 80 valence electrons. The fraction of sp³-hybridized carbons (Fsp3) is 0.222. The van der Waals surface area contributed by atoms with Gasteiger partial charge in [-0.1, -0.05) is 0 Å². The van der Waals surface area contributed by atoms with E-state index in [1.54, 1.807) is 16.9 Å². The molecule has 2 aromatic heterocycles. The predicted molar refractivity (Wildman–Crippen MR) is 60.7 cm³/mol. The SMILES string of the molecule is Cn1ncc(Br)c1C(N)c1ccoc1Cl. The lowest BCUT2D eigenvalue weighted by molar-refractivity contribution is 0.562. The molecule has 1 atom stereocenters. The van der Waals surface area contributed by atoms with Crippen molar-refractivity contribution < 1.29 is 4.42 Å². The number of aryl methyl sites for hydroxylation is 1. The molecule has 15 heavy (non-hydrogen) atoms. The zero-order chi connectivity index (χ0) is 11.0. The third kappa shape index (κ3) is 1.82. The van der Waals surface area contributed by atoms with Crippen LogP contribution in [0.4, 0.5) is 0 Å². The molecule has 0 amide bonds. The maximum Gasteiger partial charge on any atom is 0.198 e. The Balaban J connectivity index is 2.45. The van der Waals surface area contributed by atoms with Crippen LogP contribution >= 0.6 is 27.5 Å². The highest BCUT2D eigenvalue weighted by atomic mass is 79.9. The average molecular weight is 291 g/mol. The number of furan rings is 1. The van der Waals surface area contributed by atoms with Crippen molar-refractivity contribution >= 4 is 27.5 Å². The first-order chi connectivity index (χ1) is 7.11. The smallest absolute Gasteiger partial charge is 0.198 e. The van der Waals surface area contributed by atoms with Crippen molar-refractivity contribution in [3.05, 3.63) is 39.5 Å². The molecule has 6 heteroatoms. The van der Waals surface area contributed by atoms with Crippen molar-refractivity contribution in [1.82, 2.24) is 9.78 Å². The second kappa shape index (κ2) is 4.00. The van der Waals surface area contributed by atoms with Gasteiger partial charge in [-0.2, -0.15) is 5.10 Å². The number of nitrogens with zero attached hydrogens (tertiary/aromatic N) is 2. The van der Waals surface area contributed by atoms with Crippen LogP contribution in [-0.4, -0.2) is 9.78 Å². The van der Waals surface area contributed by atoms with E-state index in [1.165, 1.54) is 6.26 Å². The standard InChI is InChI=1S/C9H9BrClN3O/c1-14-8(6(10)4-13-14)7(12)5-2-3-15-9(5)11/h2-4,7H,12H2,1H3. The van der Waals surface area contributed by atoms with Gasteiger partial charge in [0.05, 0.1) is 28.7 Å². The van der Waals surface area contributed by atoms with Crippen LogP contribution in [0, 0.1) is 0 Å². The minimum absolute atomic E-state index is 0.315.